The second kappa shape index (κ2) is 6.38. The molecule has 0 N–H and O–H groups in total. The third-order valence-electron chi connectivity index (χ3n) is 3.79. The van der Waals surface area contributed by atoms with E-state index in [1.807, 2.05) is 0 Å². The van der Waals surface area contributed by atoms with Gasteiger partial charge in [0.1, 0.15) is 0 Å². The highest BCUT2D eigenvalue weighted by Crippen LogP contribution is 2.33. The average Bonchev–Trinajstić information content (AvgIpc) is 2.86. The fraction of sp³-hybridized carbons (Fsp3) is 0.533. The minimum atomic E-state index is -4.44. The van der Waals surface area contributed by atoms with Gasteiger partial charge in [-0.3, -0.25) is 4.79 Å². The molecule has 1 unspecified atom stereocenters. The highest BCUT2D eigenvalue weighted by molar-refractivity contribution is 9.10. The van der Waals surface area contributed by atoms with Crippen LogP contribution in [0, 0.1) is 5.92 Å². The lowest BCUT2D eigenvalue weighted by molar-refractivity contribution is -0.137. The molecule has 1 aromatic rings. The second-order valence-corrected chi connectivity index (χ2v) is 6.24. The normalized spacial score (nSPS) is 19.1. The van der Waals surface area contributed by atoms with Crippen molar-refractivity contribution < 1.29 is 18.0 Å². The molecule has 21 heavy (non-hydrogen) atoms. The summed E-state index contributed by atoms with van der Waals surface area (Å²) in [6.45, 7) is 3.34. The van der Waals surface area contributed by atoms with Crippen molar-refractivity contribution in [3.8, 4) is 0 Å². The highest BCUT2D eigenvalue weighted by Gasteiger charge is 2.33. The Morgan fingerprint density at radius 2 is 2.14 bits per heavy atom. The quantitative estimate of drug-likeness (QED) is 0.759. The molecule has 0 radical (unpaired) electrons. The summed E-state index contributed by atoms with van der Waals surface area (Å²) < 4.78 is 38.7. The van der Waals surface area contributed by atoms with E-state index in [0.29, 0.717) is 23.5 Å². The van der Waals surface area contributed by atoms with Crippen LogP contribution in [0.3, 0.4) is 0 Å². The second-order valence-electron chi connectivity index (χ2n) is 5.39. The first-order chi connectivity index (χ1) is 9.82. The summed E-state index contributed by atoms with van der Waals surface area (Å²) in [6, 6.07) is 3.19. The molecular weight excluding hydrogens is 347 g/mol. The van der Waals surface area contributed by atoms with Crippen LogP contribution in [0.5, 0.6) is 0 Å². The van der Waals surface area contributed by atoms with Gasteiger partial charge in [-0.25, -0.2) is 0 Å². The van der Waals surface area contributed by atoms with E-state index in [1.54, 1.807) is 4.90 Å². The fourth-order valence-electron chi connectivity index (χ4n) is 2.70. The largest absolute Gasteiger partial charge is 0.416 e. The van der Waals surface area contributed by atoms with E-state index in [2.05, 4.69) is 22.9 Å². The fourth-order valence-corrected chi connectivity index (χ4v) is 3.11. The molecule has 0 aliphatic carbocycles. The molecule has 2 nitrogen and oxygen atoms in total. The van der Waals surface area contributed by atoms with Gasteiger partial charge in [-0.15, -0.1) is 0 Å². The summed E-state index contributed by atoms with van der Waals surface area (Å²) in [5.41, 5.74) is -0.708. The lowest BCUT2D eigenvalue weighted by Crippen LogP contribution is -2.29. The zero-order valence-electron chi connectivity index (χ0n) is 11.7. The van der Waals surface area contributed by atoms with Crippen molar-refractivity contribution in [3.05, 3.63) is 33.8 Å². The van der Waals surface area contributed by atoms with Crippen LogP contribution in [0.2, 0.25) is 0 Å². The molecule has 1 aromatic carbocycles. The van der Waals surface area contributed by atoms with Gasteiger partial charge >= 0.3 is 6.18 Å². The molecule has 0 spiro atoms. The minimum Gasteiger partial charge on any atom is -0.338 e. The number of nitrogens with zero attached hydrogens (tertiary/aromatic N) is 1. The SMILES string of the molecule is CCCC1CCN(C(=O)c2cc(C(F)(F)F)ccc2Br)C1. The average molecular weight is 364 g/mol. The molecule has 0 bridgehead atoms. The number of alkyl halides is 3. The van der Waals surface area contributed by atoms with Gasteiger partial charge in [0.15, 0.2) is 0 Å². The summed E-state index contributed by atoms with van der Waals surface area (Å²) in [6.07, 6.45) is -1.41. The summed E-state index contributed by atoms with van der Waals surface area (Å²) in [5.74, 6) is 0.134. The molecule has 116 valence electrons. The summed E-state index contributed by atoms with van der Waals surface area (Å²) in [4.78, 5) is 14.1. The molecule has 1 aliphatic heterocycles. The Morgan fingerprint density at radius 3 is 2.76 bits per heavy atom. The molecule has 1 heterocycles. The molecule has 1 atom stereocenters. The van der Waals surface area contributed by atoms with E-state index >= 15 is 0 Å². The molecular formula is C15H17BrF3NO. The molecule has 1 fully saturated rings. The number of halogens is 4. The van der Waals surface area contributed by atoms with Crippen molar-refractivity contribution in [2.75, 3.05) is 13.1 Å². The van der Waals surface area contributed by atoms with Crippen LogP contribution in [0.1, 0.15) is 42.1 Å². The van der Waals surface area contributed by atoms with Gasteiger partial charge in [0.2, 0.25) is 0 Å². The van der Waals surface area contributed by atoms with Crippen molar-refractivity contribution in [2.24, 2.45) is 5.92 Å². The molecule has 1 amide bonds. The zero-order valence-corrected chi connectivity index (χ0v) is 13.3. The third-order valence-corrected chi connectivity index (χ3v) is 4.49. The molecule has 2 rings (SSSR count). The summed E-state index contributed by atoms with van der Waals surface area (Å²) in [7, 11) is 0. The molecule has 0 saturated carbocycles. The third kappa shape index (κ3) is 3.78. The lowest BCUT2D eigenvalue weighted by atomic mass is 10.0. The van der Waals surface area contributed by atoms with Crippen LogP contribution in [-0.2, 0) is 6.18 Å². The minimum absolute atomic E-state index is 0.0852. The molecule has 1 aliphatic rings. The number of carbonyl (C=O) groups excluding carboxylic acids is 1. The molecule has 6 heteroatoms. The van der Waals surface area contributed by atoms with Crippen molar-refractivity contribution in [2.45, 2.75) is 32.4 Å². The van der Waals surface area contributed by atoms with Gasteiger partial charge in [0.25, 0.3) is 5.91 Å². The smallest absolute Gasteiger partial charge is 0.338 e. The number of carbonyl (C=O) groups is 1. The molecule has 1 saturated heterocycles. The number of benzene rings is 1. The Labute approximate surface area is 130 Å². The Bertz CT molecular complexity index is 530. The van der Waals surface area contributed by atoms with Crippen LogP contribution < -0.4 is 0 Å². The van der Waals surface area contributed by atoms with Crippen LogP contribution in [-0.4, -0.2) is 23.9 Å². The number of rotatable bonds is 3. The van der Waals surface area contributed by atoms with Crippen molar-refractivity contribution in [1.29, 1.82) is 0 Å². The van der Waals surface area contributed by atoms with Gasteiger partial charge in [0, 0.05) is 17.6 Å². The first-order valence-electron chi connectivity index (χ1n) is 6.99. The summed E-state index contributed by atoms with van der Waals surface area (Å²) in [5, 5.41) is 0. The summed E-state index contributed by atoms with van der Waals surface area (Å²) >= 11 is 3.18. The Morgan fingerprint density at radius 1 is 1.43 bits per heavy atom. The van der Waals surface area contributed by atoms with Gasteiger partial charge in [-0.05, 0) is 52.9 Å². The van der Waals surface area contributed by atoms with Crippen LogP contribution >= 0.6 is 15.9 Å². The van der Waals surface area contributed by atoms with Crippen LogP contribution in [0.4, 0.5) is 13.2 Å². The predicted octanol–water partition coefficient (Wildman–Crippen LogP) is 4.73. The standard InChI is InChI=1S/C15H17BrF3NO/c1-2-3-10-6-7-20(9-10)14(21)12-8-11(15(17,18)19)4-5-13(12)16/h4-5,8,10H,2-3,6-7,9H2,1H3. The first-order valence-corrected chi connectivity index (χ1v) is 7.78. The van der Waals surface area contributed by atoms with E-state index in [1.165, 1.54) is 6.07 Å². The monoisotopic (exact) mass is 363 g/mol. The number of likely N-dealkylation sites (tertiary alicyclic amines) is 1. The van der Waals surface area contributed by atoms with Crippen molar-refractivity contribution in [3.63, 3.8) is 0 Å². The predicted molar refractivity (Wildman–Crippen MR) is 78.1 cm³/mol. The van der Waals surface area contributed by atoms with E-state index < -0.39 is 11.7 Å². The van der Waals surface area contributed by atoms with Crippen LogP contribution in [0.25, 0.3) is 0 Å². The number of hydrogen-bond acceptors (Lipinski definition) is 1. The topological polar surface area (TPSA) is 20.3 Å². The number of amides is 1. The van der Waals surface area contributed by atoms with E-state index in [-0.39, 0.29) is 11.5 Å². The molecule has 0 aromatic heterocycles. The van der Waals surface area contributed by atoms with Crippen molar-refractivity contribution in [1.82, 2.24) is 4.90 Å². The highest BCUT2D eigenvalue weighted by atomic mass is 79.9. The lowest BCUT2D eigenvalue weighted by Gasteiger charge is -2.18. The van der Waals surface area contributed by atoms with E-state index in [4.69, 9.17) is 0 Å². The van der Waals surface area contributed by atoms with Gasteiger partial charge in [-0.1, -0.05) is 13.3 Å². The number of hydrogen-bond donors (Lipinski definition) is 0. The Kier molecular flexibility index (Phi) is 4.96. The zero-order chi connectivity index (χ0) is 15.6. The van der Waals surface area contributed by atoms with Crippen LogP contribution in [0.15, 0.2) is 22.7 Å². The Balaban J connectivity index is 2.20. The van der Waals surface area contributed by atoms with Gasteiger partial charge in [0.05, 0.1) is 11.1 Å². The maximum Gasteiger partial charge on any atom is 0.416 e. The maximum atomic E-state index is 12.8. The maximum absolute atomic E-state index is 12.8. The Hall–Kier alpha value is -1.04. The first kappa shape index (κ1) is 16.3. The van der Waals surface area contributed by atoms with E-state index in [9.17, 15) is 18.0 Å². The van der Waals surface area contributed by atoms with E-state index in [0.717, 1.165) is 31.4 Å². The van der Waals surface area contributed by atoms with Gasteiger partial charge in [-0.2, -0.15) is 13.2 Å². The van der Waals surface area contributed by atoms with Gasteiger partial charge < -0.3 is 4.90 Å². The van der Waals surface area contributed by atoms with Crippen molar-refractivity contribution >= 4 is 21.8 Å².